The molecule has 1 aliphatic heterocycles. The molecule has 0 spiro atoms. The van der Waals surface area contributed by atoms with Gasteiger partial charge in [-0.3, -0.25) is 4.79 Å². The van der Waals surface area contributed by atoms with Crippen LogP contribution in [0.3, 0.4) is 0 Å². The average Bonchev–Trinajstić information content (AvgIpc) is 2.65. The quantitative estimate of drug-likeness (QED) is 0.835. The van der Waals surface area contributed by atoms with Gasteiger partial charge in [0.25, 0.3) is 0 Å². The summed E-state index contributed by atoms with van der Waals surface area (Å²) < 4.78 is 0. The van der Waals surface area contributed by atoms with Crippen molar-refractivity contribution < 1.29 is 9.90 Å². The fourth-order valence-electron chi connectivity index (χ4n) is 2.41. The monoisotopic (exact) mass is 262 g/mol. The Morgan fingerprint density at radius 3 is 2.79 bits per heavy atom. The van der Waals surface area contributed by atoms with E-state index in [0.717, 1.165) is 17.7 Å². The van der Waals surface area contributed by atoms with Gasteiger partial charge in [0.15, 0.2) is 0 Å². The van der Waals surface area contributed by atoms with Crippen LogP contribution in [0.25, 0.3) is 0 Å². The largest absolute Gasteiger partial charge is 0.396 e. The first-order valence-corrected chi connectivity index (χ1v) is 6.70. The molecule has 0 atom stereocenters. The number of anilines is 1. The zero-order valence-electron chi connectivity index (χ0n) is 11.6. The molecule has 1 heterocycles. The highest BCUT2D eigenvalue weighted by molar-refractivity contribution is 6.01. The van der Waals surface area contributed by atoms with Gasteiger partial charge >= 0.3 is 0 Å². The summed E-state index contributed by atoms with van der Waals surface area (Å²) in [7, 11) is 0. The van der Waals surface area contributed by atoms with Crippen molar-refractivity contribution in [1.29, 1.82) is 0 Å². The van der Waals surface area contributed by atoms with Gasteiger partial charge < -0.3 is 15.7 Å². The number of hydrogen-bond donors (Lipinski definition) is 2. The number of carbonyl (C=O) groups is 1. The summed E-state index contributed by atoms with van der Waals surface area (Å²) in [5, 5.41) is 9.35. The van der Waals surface area contributed by atoms with Crippen LogP contribution in [0.2, 0.25) is 0 Å². The lowest BCUT2D eigenvalue weighted by Crippen LogP contribution is -2.38. The molecule has 0 unspecified atom stereocenters. The van der Waals surface area contributed by atoms with Crippen LogP contribution in [0, 0.1) is 5.41 Å². The molecular formula is C15H22N2O2. The van der Waals surface area contributed by atoms with Gasteiger partial charge in [-0.25, -0.2) is 0 Å². The van der Waals surface area contributed by atoms with Crippen LogP contribution in [-0.4, -0.2) is 30.7 Å². The topological polar surface area (TPSA) is 66.6 Å². The van der Waals surface area contributed by atoms with Gasteiger partial charge in [-0.1, -0.05) is 26.0 Å². The molecular weight excluding hydrogens is 240 g/mol. The van der Waals surface area contributed by atoms with Crippen molar-refractivity contribution in [2.24, 2.45) is 11.1 Å². The Hall–Kier alpha value is -1.39. The standard InChI is InChI=1S/C15H22N2O2/c1-15(2,10-18)9-17-13-4-3-11(5-6-16)7-12(13)8-14(17)19/h3-4,7,18H,5-6,8-10,16H2,1-2H3. The van der Waals surface area contributed by atoms with Crippen molar-refractivity contribution in [3.05, 3.63) is 29.3 Å². The normalized spacial score (nSPS) is 14.9. The van der Waals surface area contributed by atoms with Gasteiger partial charge in [0.2, 0.25) is 5.91 Å². The molecule has 1 aromatic rings. The predicted molar refractivity (Wildman–Crippen MR) is 76.1 cm³/mol. The van der Waals surface area contributed by atoms with Crippen LogP contribution in [0.4, 0.5) is 5.69 Å². The summed E-state index contributed by atoms with van der Waals surface area (Å²) >= 11 is 0. The van der Waals surface area contributed by atoms with E-state index in [9.17, 15) is 9.90 Å². The molecule has 3 N–H and O–H groups in total. The lowest BCUT2D eigenvalue weighted by molar-refractivity contribution is -0.117. The number of aliphatic hydroxyl groups is 1. The molecule has 104 valence electrons. The van der Waals surface area contributed by atoms with Crippen LogP contribution >= 0.6 is 0 Å². The van der Waals surface area contributed by atoms with Crippen LogP contribution in [-0.2, 0) is 17.6 Å². The molecule has 0 fully saturated rings. The third kappa shape index (κ3) is 2.96. The molecule has 0 aliphatic carbocycles. The average molecular weight is 262 g/mol. The Balaban J connectivity index is 2.24. The summed E-state index contributed by atoms with van der Waals surface area (Å²) in [6, 6.07) is 6.11. The van der Waals surface area contributed by atoms with Crippen molar-refractivity contribution in [3.63, 3.8) is 0 Å². The first-order chi connectivity index (χ1) is 8.96. The zero-order valence-corrected chi connectivity index (χ0v) is 11.6. The number of amides is 1. The zero-order chi connectivity index (χ0) is 14.0. The van der Waals surface area contributed by atoms with E-state index < -0.39 is 0 Å². The molecule has 0 saturated heterocycles. The maximum Gasteiger partial charge on any atom is 0.231 e. The molecule has 1 amide bonds. The van der Waals surface area contributed by atoms with Crippen molar-refractivity contribution in [2.45, 2.75) is 26.7 Å². The van der Waals surface area contributed by atoms with E-state index in [-0.39, 0.29) is 17.9 Å². The number of aliphatic hydroxyl groups excluding tert-OH is 1. The van der Waals surface area contributed by atoms with E-state index in [2.05, 4.69) is 6.07 Å². The lowest BCUT2D eigenvalue weighted by Gasteiger charge is -2.28. The summed E-state index contributed by atoms with van der Waals surface area (Å²) in [5.41, 5.74) is 8.50. The minimum Gasteiger partial charge on any atom is -0.396 e. The number of benzene rings is 1. The third-order valence-electron chi connectivity index (χ3n) is 3.52. The highest BCUT2D eigenvalue weighted by atomic mass is 16.3. The minimum absolute atomic E-state index is 0.0668. The van der Waals surface area contributed by atoms with Gasteiger partial charge in [-0.05, 0) is 30.2 Å². The number of fused-ring (bicyclic) bond motifs is 1. The van der Waals surface area contributed by atoms with Crippen LogP contribution < -0.4 is 10.6 Å². The molecule has 4 heteroatoms. The molecule has 0 radical (unpaired) electrons. The molecule has 1 aliphatic rings. The highest BCUT2D eigenvalue weighted by Gasteiger charge is 2.31. The second-order valence-electron chi connectivity index (χ2n) is 5.98. The number of nitrogens with zero attached hydrogens (tertiary/aromatic N) is 1. The number of nitrogens with two attached hydrogens (primary N) is 1. The molecule has 0 saturated carbocycles. The third-order valence-corrected chi connectivity index (χ3v) is 3.52. The van der Waals surface area contributed by atoms with Gasteiger partial charge in [0.05, 0.1) is 6.42 Å². The molecule has 0 aromatic heterocycles. The lowest BCUT2D eigenvalue weighted by atomic mass is 9.94. The van der Waals surface area contributed by atoms with E-state index in [1.165, 1.54) is 5.56 Å². The van der Waals surface area contributed by atoms with Crippen molar-refractivity contribution >= 4 is 11.6 Å². The van der Waals surface area contributed by atoms with Crippen molar-refractivity contribution in [2.75, 3.05) is 24.6 Å². The molecule has 0 bridgehead atoms. The Morgan fingerprint density at radius 2 is 2.16 bits per heavy atom. The van der Waals surface area contributed by atoms with Gasteiger partial charge in [-0.2, -0.15) is 0 Å². The van der Waals surface area contributed by atoms with E-state index in [1.807, 2.05) is 26.0 Å². The summed E-state index contributed by atoms with van der Waals surface area (Å²) in [5.74, 6) is 0.112. The van der Waals surface area contributed by atoms with E-state index in [0.29, 0.717) is 19.5 Å². The first kappa shape index (κ1) is 14.0. The van der Waals surface area contributed by atoms with E-state index in [1.54, 1.807) is 4.90 Å². The summed E-state index contributed by atoms with van der Waals surface area (Å²) in [6.45, 7) is 5.15. The maximum atomic E-state index is 12.1. The first-order valence-electron chi connectivity index (χ1n) is 6.70. The second kappa shape index (κ2) is 5.31. The molecule has 1 aromatic carbocycles. The molecule has 4 nitrogen and oxygen atoms in total. The number of hydrogen-bond acceptors (Lipinski definition) is 3. The van der Waals surface area contributed by atoms with Crippen LogP contribution in [0.15, 0.2) is 18.2 Å². The van der Waals surface area contributed by atoms with Gasteiger partial charge in [0, 0.05) is 24.3 Å². The Morgan fingerprint density at radius 1 is 1.42 bits per heavy atom. The number of rotatable bonds is 5. The van der Waals surface area contributed by atoms with E-state index >= 15 is 0 Å². The fraction of sp³-hybridized carbons (Fsp3) is 0.533. The summed E-state index contributed by atoms with van der Waals surface area (Å²) in [4.78, 5) is 13.9. The van der Waals surface area contributed by atoms with Crippen LogP contribution in [0.1, 0.15) is 25.0 Å². The predicted octanol–water partition coefficient (Wildman–Crippen LogP) is 1.10. The Labute approximate surface area is 114 Å². The second-order valence-corrected chi connectivity index (χ2v) is 5.98. The van der Waals surface area contributed by atoms with E-state index in [4.69, 9.17) is 5.73 Å². The Kier molecular flexibility index (Phi) is 3.92. The van der Waals surface area contributed by atoms with Gasteiger partial charge in [0.1, 0.15) is 0 Å². The Bertz CT molecular complexity index is 483. The van der Waals surface area contributed by atoms with Gasteiger partial charge in [-0.15, -0.1) is 0 Å². The molecule has 19 heavy (non-hydrogen) atoms. The smallest absolute Gasteiger partial charge is 0.231 e. The number of carbonyl (C=O) groups excluding carboxylic acids is 1. The summed E-state index contributed by atoms with van der Waals surface area (Å²) in [6.07, 6.45) is 1.29. The van der Waals surface area contributed by atoms with Crippen molar-refractivity contribution in [1.82, 2.24) is 0 Å². The molecule has 2 rings (SSSR count). The SMILES string of the molecule is CC(C)(CO)CN1C(=O)Cc2cc(CCN)ccc21. The maximum absolute atomic E-state index is 12.1. The highest BCUT2D eigenvalue weighted by Crippen LogP contribution is 2.32. The van der Waals surface area contributed by atoms with Crippen LogP contribution in [0.5, 0.6) is 0 Å². The fourth-order valence-corrected chi connectivity index (χ4v) is 2.41. The minimum atomic E-state index is -0.285. The van der Waals surface area contributed by atoms with Crippen molar-refractivity contribution in [3.8, 4) is 0 Å².